The van der Waals surface area contributed by atoms with Gasteiger partial charge < -0.3 is 10.6 Å². The van der Waals surface area contributed by atoms with E-state index in [0.29, 0.717) is 23.7 Å². The van der Waals surface area contributed by atoms with E-state index in [1.54, 1.807) is 36.5 Å². The minimum Gasteiger partial charge on any atom is -0.328 e. The van der Waals surface area contributed by atoms with Crippen LogP contribution in [0.1, 0.15) is 5.69 Å². The van der Waals surface area contributed by atoms with E-state index in [-0.39, 0.29) is 5.82 Å². The molecule has 2 N–H and O–H groups in total. The SMILES string of the molecule is CN(c1cccc(F)c1)c1nccnc1CN. The molecule has 4 nitrogen and oxygen atoms in total. The molecular weight excluding hydrogens is 219 g/mol. The van der Waals surface area contributed by atoms with Crippen molar-refractivity contribution in [2.24, 2.45) is 5.73 Å². The van der Waals surface area contributed by atoms with Crippen LogP contribution in [0.2, 0.25) is 0 Å². The number of anilines is 2. The molecule has 0 saturated heterocycles. The maximum absolute atomic E-state index is 13.1. The highest BCUT2D eigenvalue weighted by atomic mass is 19.1. The minimum absolute atomic E-state index is 0.285. The van der Waals surface area contributed by atoms with Gasteiger partial charge in [-0.05, 0) is 18.2 Å². The molecule has 0 aliphatic rings. The van der Waals surface area contributed by atoms with Crippen LogP contribution in [0.25, 0.3) is 0 Å². The summed E-state index contributed by atoms with van der Waals surface area (Å²) in [6, 6.07) is 6.30. The number of hydrogen-bond donors (Lipinski definition) is 1. The molecule has 0 aliphatic heterocycles. The Morgan fingerprint density at radius 1 is 1.29 bits per heavy atom. The second kappa shape index (κ2) is 4.88. The Labute approximate surface area is 98.9 Å². The predicted octanol–water partition coefficient (Wildman–Crippen LogP) is 1.84. The number of halogens is 1. The number of benzene rings is 1. The molecule has 0 aliphatic carbocycles. The highest BCUT2D eigenvalue weighted by Crippen LogP contribution is 2.23. The summed E-state index contributed by atoms with van der Waals surface area (Å²) < 4.78 is 13.1. The van der Waals surface area contributed by atoms with E-state index < -0.39 is 0 Å². The van der Waals surface area contributed by atoms with Crippen molar-refractivity contribution in [3.63, 3.8) is 0 Å². The molecule has 0 bridgehead atoms. The zero-order chi connectivity index (χ0) is 12.3. The molecule has 5 heteroatoms. The van der Waals surface area contributed by atoms with Gasteiger partial charge in [-0.1, -0.05) is 6.07 Å². The molecule has 17 heavy (non-hydrogen) atoms. The normalized spacial score (nSPS) is 10.3. The molecule has 1 heterocycles. The van der Waals surface area contributed by atoms with Gasteiger partial charge in [0.05, 0.1) is 5.69 Å². The number of rotatable bonds is 3. The topological polar surface area (TPSA) is 55.0 Å². The molecule has 0 spiro atoms. The van der Waals surface area contributed by atoms with Gasteiger partial charge in [0.1, 0.15) is 5.82 Å². The summed E-state index contributed by atoms with van der Waals surface area (Å²) in [5.74, 6) is 0.355. The van der Waals surface area contributed by atoms with Crippen LogP contribution in [0.15, 0.2) is 36.7 Å². The molecule has 0 fully saturated rings. The highest BCUT2D eigenvalue weighted by molar-refractivity contribution is 5.60. The molecule has 0 saturated carbocycles. The van der Waals surface area contributed by atoms with E-state index in [1.807, 2.05) is 0 Å². The first-order chi connectivity index (χ1) is 8.22. The van der Waals surface area contributed by atoms with Crippen molar-refractivity contribution in [1.29, 1.82) is 0 Å². The molecule has 1 aromatic heterocycles. The van der Waals surface area contributed by atoms with Gasteiger partial charge in [-0.2, -0.15) is 0 Å². The summed E-state index contributed by atoms with van der Waals surface area (Å²) in [6.07, 6.45) is 3.18. The maximum atomic E-state index is 13.1. The summed E-state index contributed by atoms with van der Waals surface area (Å²) >= 11 is 0. The monoisotopic (exact) mass is 232 g/mol. The molecule has 0 atom stereocenters. The quantitative estimate of drug-likeness (QED) is 0.877. The number of nitrogens with two attached hydrogens (primary N) is 1. The number of nitrogens with zero attached hydrogens (tertiary/aromatic N) is 3. The summed E-state index contributed by atoms with van der Waals surface area (Å²) in [7, 11) is 1.80. The third-order valence-corrected chi connectivity index (χ3v) is 2.46. The average molecular weight is 232 g/mol. The first-order valence-corrected chi connectivity index (χ1v) is 5.21. The van der Waals surface area contributed by atoms with Crippen LogP contribution in [-0.2, 0) is 6.54 Å². The molecule has 0 unspecified atom stereocenters. The van der Waals surface area contributed by atoms with Crippen molar-refractivity contribution in [2.75, 3.05) is 11.9 Å². The second-order valence-corrected chi connectivity index (χ2v) is 3.57. The first kappa shape index (κ1) is 11.5. The van der Waals surface area contributed by atoms with Crippen LogP contribution >= 0.6 is 0 Å². The molecular formula is C12H13FN4. The van der Waals surface area contributed by atoms with Crippen LogP contribution in [0.4, 0.5) is 15.9 Å². The van der Waals surface area contributed by atoms with Crippen molar-refractivity contribution in [2.45, 2.75) is 6.54 Å². The Balaban J connectivity index is 2.40. The van der Waals surface area contributed by atoms with Gasteiger partial charge in [0.2, 0.25) is 0 Å². The maximum Gasteiger partial charge on any atom is 0.155 e. The zero-order valence-corrected chi connectivity index (χ0v) is 9.47. The summed E-state index contributed by atoms with van der Waals surface area (Å²) in [4.78, 5) is 10.1. The van der Waals surface area contributed by atoms with Crippen molar-refractivity contribution in [3.05, 3.63) is 48.2 Å². The lowest BCUT2D eigenvalue weighted by Crippen LogP contribution is -2.16. The Bertz CT molecular complexity index is 515. The largest absolute Gasteiger partial charge is 0.328 e. The Morgan fingerprint density at radius 3 is 2.76 bits per heavy atom. The lowest BCUT2D eigenvalue weighted by Gasteiger charge is -2.20. The molecule has 88 valence electrons. The van der Waals surface area contributed by atoms with E-state index in [9.17, 15) is 4.39 Å². The summed E-state index contributed by atoms with van der Waals surface area (Å²) in [6.45, 7) is 0.294. The van der Waals surface area contributed by atoms with Gasteiger partial charge in [-0.25, -0.2) is 9.37 Å². The van der Waals surface area contributed by atoms with Gasteiger partial charge >= 0.3 is 0 Å². The Morgan fingerprint density at radius 2 is 2.06 bits per heavy atom. The zero-order valence-electron chi connectivity index (χ0n) is 9.47. The fourth-order valence-electron chi connectivity index (χ4n) is 1.59. The number of aromatic nitrogens is 2. The highest BCUT2D eigenvalue weighted by Gasteiger charge is 2.10. The second-order valence-electron chi connectivity index (χ2n) is 3.57. The first-order valence-electron chi connectivity index (χ1n) is 5.21. The Kier molecular flexibility index (Phi) is 3.30. The predicted molar refractivity (Wildman–Crippen MR) is 64.4 cm³/mol. The third kappa shape index (κ3) is 2.39. The molecule has 0 radical (unpaired) electrons. The van der Waals surface area contributed by atoms with Crippen LogP contribution in [0, 0.1) is 5.82 Å². The summed E-state index contributed by atoms with van der Waals surface area (Å²) in [5, 5.41) is 0. The van der Waals surface area contributed by atoms with Crippen LogP contribution in [-0.4, -0.2) is 17.0 Å². The van der Waals surface area contributed by atoms with Gasteiger partial charge in [0, 0.05) is 31.7 Å². The van der Waals surface area contributed by atoms with Crippen molar-refractivity contribution >= 4 is 11.5 Å². The lowest BCUT2D eigenvalue weighted by molar-refractivity contribution is 0.628. The van der Waals surface area contributed by atoms with Gasteiger partial charge in [-0.15, -0.1) is 0 Å². The fourth-order valence-corrected chi connectivity index (χ4v) is 1.59. The van der Waals surface area contributed by atoms with Crippen LogP contribution in [0.5, 0.6) is 0 Å². The van der Waals surface area contributed by atoms with E-state index >= 15 is 0 Å². The van der Waals surface area contributed by atoms with Crippen molar-refractivity contribution in [1.82, 2.24) is 9.97 Å². The molecule has 0 amide bonds. The van der Waals surface area contributed by atoms with Gasteiger partial charge in [0.15, 0.2) is 5.82 Å². The standard InChI is InChI=1S/C12H13FN4/c1-17(10-4-2-3-9(13)7-10)12-11(8-14)15-5-6-16-12/h2-7H,8,14H2,1H3. The van der Waals surface area contributed by atoms with Crippen LogP contribution < -0.4 is 10.6 Å². The average Bonchev–Trinajstić information content (AvgIpc) is 2.38. The number of hydrogen-bond acceptors (Lipinski definition) is 4. The summed E-state index contributed by atoms with van der Waals surface area (Å²) in [5.41, 5.74) is 6.98. The molecule has 2 rings (SSSR count). The smallest absolute Gasteiger partial charge is 0.155 e. The van der Waals surface area contributed by atoms with Gasteiger partial charge in [-0.3, -0.25) is 4.98 Å². The van der Waals surface area contributed by atoms with E-state index in [2.05, 4.69) is 9.97 Å². The Hall–Kier alpha value is -2.01. The van der Waals surface area contributed by atoms with Crippen LogP contribution in [0.3, 0.4) is 0 Å². The molecule has 1 aromatic carbocycles. The lowest BCUT2D eigenvalue weighted by atomic mass is 10.2. The minimum atomic E-state index is -0.285. The van der Waals surface area contributed by atoms with E-state index in [1.165, 1.54) is 12.1 Å². The van der Waals surface area contributed by atoms with Crippen molar-refractivity contribution < 1.29 is 4.39 Å². The van der Waals surface area contributed by atoms with Crippen molar-refractivity contribution in [3.8, 4) is 0 Å². The van der Waals surface area contributed by atoms with E-state index in [4.69, 9.17) is 5.73 Å². The van der Waals surface area contributed by atoms with E-state index in [0.717, 1.165) is 0 Å². The molecule has 2 aromatic rings. The third-order valence-electron chi connectivity index (χ3n) is 2.46. The van der Waals surface area contributed by atoms with Gasteiger partial charge in [0.25, 0.3) is 0 Å². The fraction of sp³-hybridized carbons (Fsp3) is 0.167.